The van der Waals surface area contributed by atoms with E-state index < -0.39 is 58.6 Å². The van der Waals surface area contributed by atoms with Crippen molar-refractivity contribution in [3.63, 3.8) is 0 Å². The molecule has 5 N–H and O–H groups in total. The second kappa shape index (κ2) is 14.4. The highest BCUT2D eigenvalue weighted by molar-refractivity contribution is 6.37. The number of carbonyl (C=O) groups is 7. The van der Waals surface area contributed by atoms with Gasteiger partial charge >= 0.3 is 6.03 Å². The van der Waals surface area contributed by atoms with Crippen molar-refractivity contribution in [1.29, 1.82) is 0 Å². The molecule has 4 aliphatic carbocycles. The summed E-state index contributed by atoms with van der Waals surface area (Å²) < 4.78 is 0. The van der Waals surface area contributed by atoms with E-state index in [1.54, 1.807) is 4.90 Å². The lowest BCUT2D eigenvalue weighted by Gasteiger charge is -2.40. The van der Waals surface area contributed by atoms with Crippen LogP contribution >= 0.6 is 0 Å². The number of ketones is 1. The topological polar surface area (TPSA) is 188 Å². The molecule has 0 radical (unpaired) electrons. The van der Waals surface area contributed by atoms with Gasteiger partial charge in [0.1, 0.15) is 12.1 Å². The number of primary amides is 1. The minimum Gasteiger partial charge on any atom is -0.363 e. The molecule has 0 bridgehead atoms. The Morgan fingerprint density at radius 2 is 1.50 bits per heavy atom. The van der Waals surface area contributed by atoms with Gasteiger partial charge in [0.15, 0.2) is 0 Å². The van der Waals surface area contributed by atoms with Crippen LogP contribution in [-0.2, 0) is 28.8 Å². The van der Waals surface area contributed by atoms with Gasteiger partial charge in [-0.15, -0.1) is 0 Å². The monoisotopic (exact) mass is 724 g/mol. The summed E-state index contributed by atoms with van der Waals surface area (Å²) >= 11 is 0. The van der Waals surface area contributed by atoms with E-state index in [2.05, 4.69) is 16.0 Å². The second-order valence-electron chi connectivity index (χ2n) is 18.9. The minimum atomic E-state index is -1.08. The van der Waals surface area contributed by atoms with Gasteiger partial charge in [-0.25, -0.2) is 4.79 Å². The number of hydrogen-bond donors (Lipinski definition) is 4. The lowest BCUT2D eigenvalue weighted by molar-refractivity contribution is -0.153. The molecule has 2 aliphatic heterocycles. The maximum Gasteiger partial charge on any atom is 0.315 e. The molecule has 1 spiro atoms. The molecule has 52 heavy (non-hydrogen) atoms. The smallest absolute Gasteiger partial charge is 0.315 e. The number of nitrogens with zero attached hydrogens (tertiary/aromatic N) is 2. The van der Waals surface area contributed by atoms with E-state index in [9.17, 15) is 33.6 Å². The Labute approximate surface area is 307 Å². The van der Waals surface area contributed by atoms with E-state index in [1.165, 1.54) is 4.90 Å². The SMILES string of the molecule is CC1(C)CC(=O)N(C[C@@H](NC(=O)N[C@H](C(=O)N2C[C@H]3[C@H](CCC34CC4)[C@H]2C(=O)NC(CC2CC2)C(=O)C(N)=O)C2CCCCC2)C(C)(C)C)C(=O)C1. The predicted molar refractivity (Wildman–Crippen MR) is 192 cm³/mol. The van der Waals surface area contributed by atoms with Crippen LogP contribution in [0, 0.1) is 39.9 Å². The van der Waals surface area contributed by atoms with Crippen molar-refractivity contribution in [2.24, 2.45) is 45.7 Å². The molecule has 0 aromatic carbocycles. The van der Waals surface area contributed by atoms with Crippen LogP contribution in [0.25, 0.3) is 0 Å². The van der Waals surface area contributed by atoms with Gasteiger partial charge < -0.3 is 26.6 Å². The van der Waals surface area contributed by atoms with Crippen LogP contribution in [0.2, 0.25) is 0 Å². The van der Waals surface area contributed by atoms with Crippen molar-refractivity contribution in [2.45, 2.75) is 149 Å². The number of carbonyl (C=O) groups excluding carboxylic acids is 7. The number of amides is 7. The standard InChI is InChI=1S/C39H60N6O7/c1-37(2,3)27(21-44-28(46)18-38(4,5)19-29(44)47)42-36(52)43-30(23-9-7-6-8-10-23)35(51)45-20-25-24(13-14-39(25)15-16-39)31(45)34(50)41-26(17-22-11-12-22)32(48)33(40)49/h22-27,30-31H,6-21H2,1-5H3,(H2,40,49)(H,41,50)(H2,42,43,52)/t24-,25-,26?,27+,30-,31-/m0/s1. The summed E-state index contributed by atoms with van der Waals surface area (Å²) in [4.78, 5) is 96.9. The molecule has 13 nitrogen and oxygen atoms in total. The molecule has 6 aliphatic rings. The fraction of sp³-hybridized carbons (Fsp3) is 0.821. The molecule has 7 amide bonds. The van der Waals surface area contributed by atoms with Crippen LogP contribution in [0.4, 0.5) is 4.79 Å². The molecule has 2 saturated heterocycles. The number of imide groups is 1. The highest BCUT2D eigenvalue weighted by Crippen LogP contribution is 2.66. The molecule has 1 unspecified atom stereocenters. The zero-order chi connectivity index (χ0) is 37.7. The Hall–Kier alpha value is -3.51. The molecule has 0 aromatic rings. The molecule has 288 valence electrons. The maximum absolute atomic E-state index is 14.9. The predicted octanol–water partition coefficient (Wildman–Crippen LogP) is 3.18. The Balaban J connectivity index is 1.22. The molecule has 4 saturated carbocycles. The number of Topliss-reactive ketones (excluding diaryl/α,β-unsaturated/α-hetero) is 1. The van der Waals surface area contributed by atoms with E-state index in [1.807, 2.05) is 34.6 Å². The van der Waals surface area contributed by atoms with Crippen LogP contribution in [0.5, 0.6) is 0 Å². The first-order chi connectivity index (χ1) is 24.4. The van der Waals surface area contributed by atoms with Gasteiger partial charge in [-0.3, -0.25) is 33.7 Å². The summed E-state index contributed by atoms with van der Waals surface area (Å²) in [6, 6.07) is -3.88. The number of nitrogens with one attached hydrogen (secondary N) is 3. The van der Waals surface area contributed by atoms with E-state index >= 15 is 0 Å². The van der Waals surface area contributed by atoms with Crippen molar-refractivity contribution >= 4 is 41.4 Å². The minimum absolute atomic E-state index is 0.0264. The van der Waals surface area contributed by atoms with Gasteiger partial charge in [-0.05, 0) is 84.9 Å². The number of fused-ring (bicyclic) bond motifs is 2. The van der Waals surface area contributed by atoms with Crippen LogP contribution in [0.1, 0.15) is 125 Å². The van der Waals surface area contributed by atoms with E-state index in [0.717, 1.165) is 70.6 Å². The Kier molecular flexibility index (Phi) is 10.6. The summed E-state index contributed by atoms with van der Waals surface area (Å²) in [6.45, 7) is 10.0. The third kappa shape index (κ3) is 8.17. The van der Waals surface area contributed by atoms with E-state index in [4.69, 9.17) is 5.73 Å². The number of urea groups is 1. The Bertz CT molecular complexity index is 1450. The van der Waals surface area contributed by atoms with Gasteiger partial charge in [0.2, 0.25) is 29.4 Å². The normalized spacial score (nSPS) is 28.5. The largest absolute Gasteiger partial charge is 0.363 e. The highest BCUT2D eigenvalue weighted by atomic mass is 16.2. The Morgan fingerprint density at radius 1 is 0.865 bits per heavy atom. The van der Waals surface area contributed by atoms with Crippen LogP contribution < -0.4 is 21.7 Å². The first kappa shape index (κ1) is 38.2. The van der Waals surface area contributed by atoms with Crippen LogP contribution in [0.15, 0.2) is 0 Å². The lowest BCUT2D eigenvalue weighted by Crippen LogP contribution is -2.62. The quantitative estimate of drug-likeness (QED) is 0.176. The summed E-state index contributed by atoms with van der Waals surface area (Å²) in [5.41, 5.74) is 4.57. The molecule has 0 aromatic heterocycles. The van der Waals surface area contributed by atoms with E-state index in [-0.39, 0.29) is 66.2 Å². The average molecular weight is 725 g/mol. The van der Waals surface area contributed by atoms with Gasteiger partial charge in [0.25, 0.3) is 5.91 Å². The molecule has 6 atom stereocenters. The summed E-state index contributed by atoms with van der Waals surface area (Å²) in [6.07, 6.45) is 11.0. The highest BCUT2D eigenvalue weighted by Gasteiger charge is 2.64. The second-order valence-corrected chi connectivity index (χ2v) is 18.9. The summed E-state index contributed by atoms with van der Waals surface area (Å²) in [7, 11) is 0. The number of likely N-dealkylation sites (tertiary alicyclic amines) is 2. The zero-order valence-corrected chi connectivity index (χ0v) is 31.8. The Morgan fingerprint density at radius 3 is 2.06 bits per heavy atom. The third-order valence-electron chi connectivity index (χ3n) is 13.3. The third-order valence-corrected chi connectivity index (χ3v) is 13.3. The van der Waals surface area contributed by atoms with Gasteiger partial charge in [0, 0.05) is 25.9 Å². The van der Waals surface area contributed by atoms with Gasteiger partial charge in [-0.2, -0.15) is 0 Å². The number of nitrogens with two attached hydrogens (primary N) is 1. The zero-order valence-electron chi connectivity index (χ0n) is 31.8. The van der Waals surface area contributed by atoms with Crippen molar-refractivity contribution in [3.8, 4) is 0 Å². The molecule has 13 heteroatoms. The molecule has 6 fully saturated rings. The number of hydrogen-bond acceptors (Lipinski definition) is 7. The summed E-state index contributed by atoms with van der Waals surface area (Å²) in [5, 5.41) is 8.92. The van der Waals surface area contributed by atoms with Crippen molar-refractivity contribution < 1.29 is 33.6 Å². The molecule has 2 heterocycles. The fourth-order valence-corrected chi connectivity index (χ4v) is 9.75. The van der Waals surface area contributed by atoms with Crippen molar-refractivity contribution in [3.05, 3.63) is 0 Å². The van der Waals surface area contributed by atoms with Crippen molar-refractivity contribution in [2.75, 3.05) is 13.1 Å². The number of piperidine rings is 1. The average Bonchev–Trinajstić information content (AvgIpc) is 3.97. The van der Waals surface area contributed by atoms with Crippen LogP contribution in [-0.4, -0.2) is 88.4 Å². The van der Waals surface area contributed by atoms with E-state index in [0.29, 0.717) is 13.0 Å². The van der Waals surface area contributed by atoms with Gasteiger partial charge in [-0.1, -0.05) is 66.7 Å². The first-order valence-corrected chi connectivity index (χ1v) is 19.7. The fourth-order valence-electron chi connectivity index (χ4n) is 9.75. The lowest BCUT2D eigenvalue weighted by atomic mass is 9.80. The number of rotatable bonds is 12. The first-order valence-electron chi connectivity index (χ1n) is 19.7. The maximum atomic E-state index is 14.9. The van der Waals surface area contributed by atoms with Gasteiger partial charge in [0.05, 0.1) is 12.1 Å². The van der Waals surface area contributed by atoms with Crippen LogP contribution in [0.3, 0.4) is 0 Å². The molecular formula is C39H60N6O7. The van der Waals surface area contributed by atoms with Crippen molar-refractivity contribution in [1.82, 2.24) is 25.8 Å². The molecule has 6 rings (SSSR count). The summed E-state index contributed by atoms with van der Waals surface area (Å²) in [5.74, 6) is -2.97. The molecular weight excluding hydrogens is 664 g/mol.